The Hall–Kier alpha value is -4.70. The van der Waals surface area contributed by atoms with Crippen LogP contribution in [0.2, 0.25) is 0 Å². The van der Waals surface area contributed by atoms with E-state index in [0.717, 1.165) is 41.3 Å². The molecule has 0 radical (unpaired) electrons. The highest BCUT2D eigenvalue weighted by atomic mass is 16.4. The minimum atomic E-state index is -1.15. The average molecular weight is 670 g/mol. The van der Waals surface area contributed by atoms with E-state index in [1.165, 1.54) is 11.0 Å². The van der Waals surface area contributed by atoms with Gasteiger partial charge in [0.25, 0.3) is 0 Å². The highest BCUT2D eigenvalue weighted by Crippen LogP contribution is 2.24. The van der Waals surface area contributed by atoms with Crippen molar-refractivity contribution in [3.8, 4) is 0 Å². The summed E-state index contributed by atoms with van der Waals surface area (Å²) in [6, 6.07) is 22.1. The van der Waals surface area contributed by atoms with E-state index in [2.05, 4.69) is 10.2 Å². The van der Waals surface area contributed by atoms with E-state index in [-0.39, 0.29) is 30.7 Å². The maximum Gasteiger partial charge on any atom is 0.405 e. The van der Waals surface area contributed by atoms with Crippen LogP contribution in [0.15, 0.2) is 84.9 Å². The number of carboxylic acid groups (broad SMARTS) is 1. The lowest BCUT2D eigenvalue weighted by atomic mass is 9.98. The van der Waals surface area contributed by atoms with Gasteiger partial charge in [0, 0.05) is 51.6 Å². The van der Waals surface area contributed by atoms with Gasteiger partial charge in [0.1, 0.15) is 12.1 Å². The molecule has 1 saturated heterocycles. The number of carbonyl (C=O) groups is 4. The fourth-order valence-corrected chi connectivity index (χ4v) is 6.59. The first-order chi connectivity index (χ1) is 23.3. The summed E-state index contributed by atoms with van der Waals surface area (Å²) < 4.78 is 0. The Morgan fingerprint density at radius 2 is 1.53 bits per heavy atom. The molecule has 3 aromatic carbocycles. The van der Waals surface area contributed by atoms with Crippen molar-refractivity contribution >= 4 is 34.6 Å². The minimum absolute atomic E-state index is 0.0620. The first-order valence-electron chi connectivity index (χ1n) is 16.9. The molecular weight excluding hydrogens is 618 g/mol. The first-order valence-corrected chi connectivity index (χ1v) is 16.9. The normalized spacial score (nSPS) is 16.1. The third-order valence-electron chi connectivity index (χ3n) is 9.29. The van der Waals surface area contributed by atoms with E-state index in [1.54, 1.807) is 38.9 Å². The lowest BCUT2D eigenvalue weighted by Gasteiger charge is -2.37. The van der Waals surface area contributed by atoms with Gasteiger partial charge in [0.2, 0.25) is 17.7 Å². The van der Waals surface area contributed by atoms with Gasteiger partial charge in [-0.2, -0.15) is 0 Å². The standard InChI is InChI=1S/C39H51N5O5/c1-39(2,40-38(48)49)22-12-19-35(45)42(5)33(26-29-20-21-30-16-10-11-17-31(30)24-29)36(46)43(6)34(25-28-14-8-7-9-15-28)37(47)44-23-13-18-32(44)27-41(3)4/h7-12,14-17,19-21,24,32-34,40H,13,18,22-23,25-27H2,1-6H3,(H,48,49)/b19-12+/t32-,33+,34+/m0/s1. The third kappa shape index (κ3) is 10.2. The number of amides is 4. The van der Waals surface area contributed by atoms with Crippen molar-refractivity contribution in [3.05, 3.63) is 96.1 Å². The molecule has 3 atom stereocenters. The Labute approximate surface area is 290 Å². The second-order valence-corrected chi connectivity index (χ2v) is 14.0. The van der Waals surface area contributed by atoms with Crippen LogP contribution in [-0.2, 0) is 27.2 Å². The van der Waals surface area contributed by atoms with Crippen LogP contribution in [0.5, 0.6) is 0 Å². The van der Waals surface area contributed by atoms with Crippen LogP contribution in [0.3, 0.4) is 0 Å². The molecule has 3 aromatic rings. The van der Waals surface area contributed by atoms with E-state index >= 15 is 0 Å². The summed E-state index contributed by atoms with van der Waals surface area (Å²) in [5, 5.41) is 13.7. The van der Waals surface area contributed by atoms with Crippen LogP contribution in [0, 0.1) is 0 Å². The summed E-state index contributed by atoms with van der Waals surface area (Å²) in [5.74, 6) is -0.811. The molecule has 1 fully saturated rings. The van der Waals surface area contributed by atoms with Gasteiger partial charge in [-0.25, -0.2) is 4.79 Å². The van der Waals surface area contributed by atoms with Crippen molar-refractivity contribution in [1.82, 2.24) is 24.9 Å². The maximum atomic E-state index is 14.7. The molecular formula is C39H51N5O5. The number of fused-ring (bicyclic) bond motifs is 1. The molecule has 262 valence electrons. The van der Waals surface area contributed by atoms with Crippen molar-refractivity contribution in [2.75, 3.05) is 41.3 Å². The van der Waals surface area contributed by atoms with E-state index in [4.69, 9.17) is 5.11 Å². The number of carbonyl (C=O) groups excluding carboxylic acids is 3. The van der Waals surface area contributed by atoms with Crippen LogP contribution in [0.4, 0.5) is 4.79 Å². The zero-order valence-electron chi connectivity index (χ0n) is 29.6. The molecule has 4 amide bonds. The molecule has 0 aliphatic carbocycles. The number of likely N-dealkylation sites (tertiary alicyclic amines) is 1. The molecule has 1 heterocycles. The van der Waals surface area contributed by atoms with Gasteiger partial charge in [-0.1, -0.05) is 78.9 Å². The number of likely N-dealkylation sites (N-methyl/N-ethyl adjacent to an activating group) is 3. The summed E-state index contributed by atoms with van der Waals surface area (Å²) in [4.78, 5) is 60.9. The van der Waals surface area contributed by atoms with E-state index in [0.29, 0.717) is 13.0 Å². The molecule has 2 N–H and O–H groups in total. The summed E-state index contributed by atoms with van der Waals surface area (Å²) in [6.07, 6.45) is 4.55. The molecule has 0 unspecified atom stereocenters. The van der Waals surface area contributed by atoms with Gasteiger partial charge >= 0.3 is 6.09 Å². The highest BCUT2D eigenvalue weighted by Gasteiger charge is 2.39. The number of nitrogens with one attached hydrogen (secondary N) is 1. The fourth-order valence-electron chi connectivity index (χ4n) is 6.59. The Morgan fingerprint density at radius 1 is 0.878 bits per heavy atom. The topological polar surface area (TPSA) is 114 Å². The third-order valence-corrected chi connectivity index (χ3v) is 9.29. The SMILES string of the molecule is CN(C)C[C@@H]1CCCN1C(=O)[C@@H](Cc1ccccc1)N(C)C(=O)[C@@H](Cc1ccc2ccccc2c1)N(C)C(=O)/C=C/CC(C)(C)NC(=O)O. The molecule has 1 aliphatic heterocycles. The summed E-state index contributed by atoms with van der Waals surface area (Å²) >= 11 is 0. The minimum Gasteiger partial charge on any atom is -0.465 e. The smallest absolute Gasteiger partial charge is 0.405 e. The van der Waals surface area contributed by atoms with Crippen molar-refractivity contribution in [2.45, 2.75) is 69.6 Å². The predicted molar refractivity (Wildman–Crippen MR) is 193 cm³/mol. The van der Waals surface area contributed by atoms with Gasteiger partial charge in [0.05, 0.1) is 0 Å². The van der Waals surface area contributed by atoms with E-state index < -0.39 is 29.6 Å². The number of nitrogens with zero attached hydrogens (tertiary/aromatic N) is 4. The van der Waals surface area contributed by atoms with Crippen LogP contribution >= 0.6 is 0 Å². The molecule has 0 saturated carbocycles. The summed E-state index contributed by atoms with van der Waals surface area (Å²) in [7, 11) is 7.28. The molecule has 10 nitrogen and oxygen atoms in total. The molecule has 4 rings (SSSR count). The van der Waals surface area contributed by atoms with Gasteiger partial charge in [-0.3, -0.25) is 14.4 Å². The second kappa shape index (κ2) is 16.6. The molecule has 0 bridgehead atoms. The predicted octanol–water partition coefficient (Wildman–Crippen LogP) is 4.82. The Morgan fingerprint density at radius 3 is 2.20 bits per heavy atom. The van der Waals surface area contributed by atoms with Crippen LogP contribution < -0.4 is 5.32 Å². The van der Waals surface area contributed by atoms with Crippen molar-refractivity contribution in [1.29, 1.82) is 0 Å². The van der Waals surface area contributed by atoms with E-state index in [9.17, 15) is 19.2 Å². The van der Waals surface area contributed by atoms with Crippen LogP contribution in [0.25, 0.3) is 10.8 Å². The lowest BCUT2D eigenvalue weighted by molar-refractivity contribution is -0.149. The maximum absolute atomic E-state index is 14.7. The van der Waals surface area contributed by atoms with E-state index in [1.807, 2.05) is 91.8 Å². The monoisotopic (exact) mass is 669 g/mol. The quantitative estimate of drug-likeness (QED) is 0.238. The van der Waals surface area contributed by atoms with Gasteiger partial charge in [-0.05, 0) is 75.2 Å². The largest absolute Gasteiger partial charge is 0.465 e. The zero-order valence-corrected chi connectivity index (χ0v) is 29.6. The Balaban J connectivity index is 1.66. The molecule has 10 heteroatoms. The molecule has 0 spiro atoms. The summed E-state index contributed by atoms with van der Waals surface area (Å²) in [6.45, 7) is 4.85. The van der Waals surface area contributed by atoms with Gasteiger partial charge in [0.15, 0.2) is 0 Å². The zero-order chi connectivity index (χ0) is 35.7. The summed E-state index contributed by atoms with van der Waals surface area (Å²) in [5.41, 5.74) is 1.05. The average Bonchev–Trinajstić information content (AvgIpc) is 3.52. The Bertz CT molecular complexity index is 1640. The van der Waals surface area contributed by atoms with Crippen molar-refractivity contribution < 1.29 is 24.3 Å². The number of hydrogen-bond donors (Lipinski definition) is 2. The van der Waals surface area contributed by atoms with Gasteiger partial charge in [-0.15, -0.1) is 0 Å². The first kappa shape index (κ1) is 37.1. The lowest BCUT2D eigenvalue weighted by Crippen LogP contribution is -2.57. The van der Waals surface area contributed by atoms with Gasteiger partial charge < -0.3 is 30.0 Å². The Kier molecular flexibility index (Phi) is 12.6. The van der Waals surface area contributed by atoms with Crippen LogP contribution in [0.1, 0.15) is 44.2 Å². The number of rotatable bonds is 14. The highest BCUT2D eigenvalue weighted by molar-refractivity contribution is 5.95. The number of hydrogen-bond acceptors (Lipinski definition) is 5. The van der Waals surface area contributed by atoms with Crippen molar-refractivity contribution in [3.63, 3.8) is 0 Å². The fraction of sp³-hybridized carbons (Fsp3) is 0.436. The molecule has 49 heavy (non-hydrogen) atoms. The molecule has 1 aliphatic rings. The second-order valence-electron chi connectivity index (χ2n) is 14.0. The van der Waals surface area contributed by atoms with Crippen molar-refractivity contribution in [2.24, 2.45) is 0 Å². The van der Waals surface area contributed by atoms with Crippen LogP contribution in [-0.4, -0.2) is 113 Å². The number of benzene rings is 3. The molecule has 0 aromatic heterocycles.